The van der Waals surface area contributed by atoms with E-state index in [9.17, 15) is 4.79 Å². The number of hydrogen-bond donors (Lipinski definition) is 1. The zero-order valence-corrected chi connectivity index (χ0v) is 15.2. The van der Waals surface area contributed by atoms with E-state index in [0.717, 1.165) is 37.2 Å². The predicted molar refractivity (Wildman–Crippen MR) is 94.6 cm³/mol. The van der Waals surface area contributed by atoms with E-state index < -0.39 is 0 Å². The van der Waals surface area contributed by atoms with Crippen molar-refractivity contribution < 1.29 is 4.79 Å². The normalized spacial score (nSPS) is 15.3. The fraction of sp³-hybridized carbons (Fsp3) is 0.562. The zero-order chi connectivity index (χ0) is 16.1. The molecule has 0 aromatic heterocycles. The highest BCUT2D eigenvalue weighted by Gasteiger charge is 2.21. The van der Waals surface area contributed by atoms with Gasteiger partial charge in [-0.2, -0.15) is 0 Å². The Morgan fingerprint density at radius 3 is 2.55 bits per heavy atom. The first-order chi connectivity index (χ1) is 10.5. The highest BCUT2D eigenvalue weighted by Crippen LogP contribution is 2.24. The molecule has 0 spiro atoms. The molecule has 0 saturated carbocycles. The van der Waals surface area contributed by atoms with E-state index in [1.165, 1.54) is 11.3 Å². The van der Waals surface area contributed by atoms with E-state index in [1.807, 2.05) is 19.0 Å². The minimum absolute atomic E-state index is 0.0478. The van der Waals surface area contributed by atoms with Crippen molar-refractivity contribution >= 4 is 27.6 Å². The van der Waals surface area contributed by atoms with Crippen LogP contribution in [0.4, 0.5) is 10.5 Å². The van der Waals surface area contributed by atoms with E-state index in [-0.39, 0.29) is 6.03 Å². The molecular formula is C16H25BrN4O. The number of piperazine rings is 1. The summed E-state index contributed by atoms with van der Waals surface area (Å²) in [5, 5.41) is 2.97. The highest BCUT2D eigenvalue weighted by molar-refractivity contribution is 9.10. The van der Waals surface area contributed by atoms with Crippen LogP contribution in [0.1, 0.15) is 5.56 Å². The summed E-state index contributed by atoms with van der Waals surface area (Å²) in [5.41, 5.74) is 2.45. The molecule has 122 valence electrons. The largest absolute Gasteiger partial charge is 0.368 e. The van der Waals surface area contributed by atoms with Crippen LogP contribution in [0.5, 0.6) is 0 Å². The molecule has 0 radical (unpaired) electrons. The second kappa shape index (κ2) is 7.83. The molecule has 5 nitrogen and oxygen atoms in total. The van der Waals surface area contributed by atoms with Gasteiger partial charge in [-0.15, -0.1) is 0 Å². The van der Waals surface area contributed by atoms with Gasteiger partial charge < -0.3 is 20.0 Å². The molecule has 6 heteroatoms. The van der Waals surface area contributed by atoms with Crippen molar-refractivity contribution in [2.45, 2.75) is 6.92 Å². The number of carbonyl (C=O) groups excluding carboxylic acids is 1. The molecule has 0 aliphatic carbocycles. The summed E-state index contributed by atoms with van der Waals surface area (Å²) in [6, 6.07) is 6.47. The maximum Gasteiger partial charge on any atom is 0.317 e. The third-order valence-corrected chi connectivity index (χ3v) is 4.78. The number of carbonyl (C=O) groups is 1. The van der Waals surface area contributed by atoms with Gasteiger partial charge in [0, 0.05) is 49.4 Å². The number of aryl methyl sites for hydroxylation is 1. The van der Waals surface area contributed by atoms with Crippen molar-refractivity contribution in [2.24, 2.45) is 0 Å². The number of hydrogen-bond acceptors (Lipinski definition) is 3. The van der Waals surface area contributed by atoms with E-state index in [0.29, 0.717) is 6.54 Å². The molecule has 1 saturated heterocycles. The minimum Gasteiger partial charge on any atom is -0.368 e. The number of halogens is 1. The van der Waals surface area contributed by atoms with Crippen LogP contribution in [0.25, 0.3) is 0 Å². The van der Waals surface area contributed by atoms with E-state index in [4.69, 9.17) is 0 Å². The van der Waals surface area contributed by atoms with E-state index in [1.54, 1.807) is 0 Å². The lowest BCUT2D eigenvalue weighted by molar-refractivity contribution is 0.193. The van der Waals surface area contributed by atoms with Gasteiger partial charge in [0.15, 0.2) is 0 Å². The first-order valence-electron chi connectivity index (χ1n) is 7.66. The van der Waals surface area contributed by atoms with Crippen LogP contribution < -0.4 is 10.2 Å². The Balaban J connectivity index is 1.82. The van der Waals surface area contributed by atoms with Crippen LogP contribution in [-0.2, 0) is 0 Å². The lowest BCUT2D eigenvalue weighted by Crippen LogP contribution is -2.52. The van der Waals surface area contributed by atoms with Crippen LogP contribution >= 0.6 is 15.9 Å². The second-order valence-corrected chi connectivity index (χ2v) is 6.80. The molecule has 0 bridgehead atoms. The average Bonchev–Trinajstić information content (AvgIpc) is 2.50. The Morgan fingerprint density at radius 2 is 1.95 bits per heavy atom. The summed E-state index contributed by atoms with van der Waals surface area (Å²) in [6.45, 7) is 6.91. The first kappa shape index (κ1) is 17.1. The molecule has 2 rings (SSSR count). The summed E-state index contributed by atoms with van der Waals surface area (Å²) in [4.78, 5) is 18.4. The van der Waals surface area contributed by atoms with Gasteiger partial charge in [0.25, 0.3) is 0 Å². The van der Waals surface area contributed by atoms with Gasteiger partial charge in [0.05, 0.1) is 0 Å². The fourth-order valence-corrected chi connectivity index (χ4v) is 2.81. The smallest absolute Gasteiger partial charge is 0.317 e. The van der Waals surface area contributed by atoms with Crippen LogP contribution in [0, 0.1) is 6.92 Å². The number of nitrogens with one attached hydrogen (secondary N) is 1. The maximum absolute atomic E-state index is 12.1. The molecule has 0 atom stereocenters. The van der Waals surface area contributed by atoms with E-state index >= 15 is 0 Å². The van der Waals surface area contributed by atoms with Crippen molar-refractivity contribution in [2.75, 3.05) is 58.3 Å². The Labute approximate surface area is 141 Å². The van der Waals surface area contributed by atoms with Crippen molar-refractivity contribution in [1.82, 2.24) is 15.1 Å². The molecule has 1 heterocycles. The van der Waals surface area contributed by atoms with Crippen molar-refractivity contribution in [3.05, 3.63) is 28.2 Å². The summed E-state index contributed by atoms with van der Waals surface area (Å²) in [7, 11) is 4.01. The second-order valence-electron chi connectivity index (χ2n) is 5.94. The Hall–Kier alpha value is -1.27. The van der Waals surface area contributed by atoms with Crippen LogP contribution in [-0.4, -0.2) is 69.2 Å². The van der Waals surface area contributed by atoms with Crippen LogP contribution in [0.3, 0.4) is 0 Å². The lowest BCUT2D eigenvalue weighted by Gasteiger charge is -2.36. The van der Waals surface area contributed by atoms with Crippen molar-refractivity contribution in [3.63, 3.8) is 0 Å². The molecule has 22 heavy (non-hydrogen) atoms. The van der Waals surface area contributed by atoms with Gasteiger partial charge in [-0.05, 0) is 38.7 Å². The van der Waals surface area contributed by atoms with Gasteiger partial charge in [0.1, 0.15) is 0 Å². The summed E-state index contributed by atoms with van der Waals surface area (Å²) in [6.07, 6.45) is 0. The maximum atomic E-state index is 12.1. The molecule has 1 aliphatic heterocycles. The number of rotatable bonds is 4. The van der Waals surface area contributed by atoms with Gasteiger partial charge in [0.2, 0.25) is 0 Å². The summed E-state index contributed by atoms with van der Waals surface area (Å²) in [5.74, 6) is 0. The molecule has 2 amide bonds. The number of benzene rings is 1. The topological polar surface area (TPSA) is 38.8 Å². The predicted octanol–water partition coefficient (Wildman–Crippen LogP) is 2.15. The van der Waals surface area contributed by atoms with Gasteiger partial charge in [-0.1, -0.05) is 22.0 Å². The molecule has 1 N–H and O–H groups in total. The molecular weight excluding hydrogens is 344 g/mol. The molecule has 1 fully saturated rings. The molecule has 1 aromatic rings. The fourth-order valence-electron chi connectivity index (χ4n) is 2.44. The standard InChI is InChI=1S/C16H25BrN4O/c1-13-4-5-14(12-15(13)17)20-8-10-21(11-9-20)16(22)18-6-7-19(2)3/h4-5,12H,6-11H2,1-3H3,(H,18,22). The van der Waals surface area contributed by atoms with Crippen LogP contribution in [0.2, 0.25) is 0 Å². The van der Waals surface area contributed by atoms with Crippen molar-refractivity contribution in [3.8, 4) is 0 Å². The number of likely N-dealkylation sites (N-methyl/N-ethyl adjacent to an activating group) is 1. The molecule has 0 unspecified atom stereocenters. The number of urea groups is 1. The van der Waals surface area contributed by atoms with Gasteiger partial charge >= 0.3 is 6.03 Å². The summed E-state index contributed by atoms with van der Waals surface area (Å²) >= 11 is 3.58. The van der Waals surface area contributed by atoms with Gasteiger partial charge in [-0.25, -0.2) is 4.79 Å². The highest BCUT2D eigenvalue weighted by atomic mass is 79.9. The van der Waals surface area contributed by atoms with Crippen LogP contribution in [0.15, 0.2) is 22.7 Å². The molecule has 1 aliphatic rings. The Bertz CT molecular complexity index is 513. The number of anilines is 1. The summed E-state index contributed by atoms with van der Waals surface area (Å²) < 4.78 is 1.13. The minimum atomic E-state index is 0.0478. The van der Waals surface area contributed by atoms with E-state index in [2.05, 4.69) is 56.2 Å². The quantitative estimate of drug-likeness (QED) is 0.884. The first-order valence-corrected chi connectivity index (χ1v) is 8.45. The Morgan fingerprint density at radius 1 is 1.27 bits per heavy atom. The molecule has 1 aromatic carbocycles. The Kier molecular flexibility index (Phi) is 6.08. The zero-order valence-electron chi connectivity index (χ0n) is 13.6. The third-order valence-electron chi connectivity index (χ3n) is 3.92. The monoisotopic (exact) mass is 368 g/mol. The number of nitrogens with zero attached hydrogens (tertiary/aromatic N) is 3. The third kappa shape index (κ3) is 4.61. The lowest BCUT2D eigenvalue weighted by atomic mass is 10.2. The van der Waals surface area contributed by atoms with Crippen molar-refractivity contribution in [1.29, 1.82) is 0 Å². The SMILES string of the molecule is Cc1ccc(N2CCN(C(=O)NCCN(C)C)CC2)cc1Br. The average molecular weight is 369 g/mol. The van der Waals surface area contributed by atoms with Gasteiger partial charge in [-0.3, -0.25) is 0 Å². The number of amides is 2.